The number of fused-ring (bicyclic) bond motifs is 1. The number of hydrogen-bond donors (Lipinski definition) is 1. The van der Waals surface area contributed by atoms with Crippen LogP contribution in [0.15, 0.2) is 60.7 Å². The summed E-state index contributed by atoms with van der Waals surface area (Å²) in [7, 11) is 2.09. The van der Waals surface area contributed by atoms with E-state index in [-0.39, 0.29) is 17.9 Å². The van der Waals surface area contributed by atoms with E-state index in [1.54, 1.807) is 0 Å². The molecule has 0 spiro atoms. The van der Waals surface area contributed by atoms with E-state index < -0.39 is 5.41 Å². The lowest BCUT2D eigenvalue weighted by atomic mass is 9.75. The molecule has 1 N–H and O–H groups in total. The zero-order chi connectivity index (χ0) is 19.6. The average Bonchev–Trinajstić information content (AvgIpc) is 2.93. The Kier molecular flexibility index (Phi) is 5.18. The van der Waals surface area contributed by atoms with E-state index in [2.05, 4.69) is 17.3 Å². The van der Waals surface area contributed by atoms with Crippen LogP contribution in [0.5, 0.6) is 0 Å². The topological polar surface area (TPSA) is 52.7 Å². The first-order chi connectivity index (χ1) is 13.6. The molecular weight excluding hydrogens is 350 g/mol. The molecule has 0 aromatic heterocycles. The van der Waals surface area contributed by atoms with E-state index in [1.807, 2.05) is 65.6 Å². The summed E-state index contributed by atoms with van der Waals surface area (Å²) in [5.41, 5.74) is 1.10. The van der Waals surface area contributed by atoms with Crippen LogP contribution in [0, 0.1) is 5.41 Å². The highest BCUT2D eigenvalue weighted by atomic mass is 16.2. The first-order valence-electron chi connectivity index (χ1n) is 10.0. The molecule has 2 atom stereocenters. The summed E-state index contributed by atoms with van der Waals surface area (Å²) in [6, 6.07) is 19.2. The van der Waals surface area contributed by atoms with E-state index in [1.165, 1.54) is 0 Å². The summed E-state index contributed by atoms with van der Waals surface area (Å²) in [4.78, 5) is 30.5. The van der Waals surface area contributed by atoms with Crippen LogP contribution in [0.4, 0.5) is 5.69 Å². The fourth-order valence-corrected chi connectivity index (χ4v) is 4.75. The molecule has 0 bridgehead atoms. The standard InChI is InChI=1S/C23H27N3O2/c1-25-16-13-23(22(28)24-19-10-6-3-7-11-19)14-17-26(15-12-20(23)25)21(27)18-8-4-2-5-9-18/h2-11,20H,12-17H2,1H3,(H,24,28)/t20-,23-/m1/s1. The molecule has 2 heterocycles. The van der Waals surface area contributed by atoms with Crippen LogP contribution < -0.4 is 5.32 Å². The van der Waals surface area contributed by atoms with Gasteiger partial charge in [-0.3, -0.25) is 9.59 Å². The van der Waals surface area contributed by atoms with Crippen molar-refractivity contribution in [3.63, 3.8) is 0 Å². The lowest BCUT2D eigenvalue weighted by Gasteiger charge is -2.34. The van der Waals surface area contributed by atoms with Crippen LogP contribution in [0.25, 0.3) is 0 Å². The summed E-state index contributed by atoms with van der Waals surface area (Å²) in [6.45, 7) is 2.21. The summed E-state index contributed by atoms with van der Waals surface area (Å²) in [6.07, 6.45) is 2.34. The molecule has 2 aromatic rings. The number of amides is 2. The molecule has 2 aromatic carbocycles. The summed E-state index contributed by atoms with van der Waals surface area (Å²) < 4.78 is 0. The summed E-state index contributed by atoms with van der Waals surface area (Å²) in [5.74, 6) is 0.143. The largest absolute Gasteiger partial charge is 0.339 e. The van der Waals surface area contributed by atoms with E-state index in [0.717, 1.165) is 25.1 Å². The van der Waals surface area contributed by atoms with Crippen LogP contribution in [0.1, 0.15) is 29.6 Å². The molecular formula is C23H27N3O2. The number of carbonyl (C=O) groups is 2. The second-order valence-corrected chi connectivity index (χ2v) is 7.92. The fourth-order valence-electron chi connectivity index (χ4n) is 4.75. The number of para-hydroxylation sites is 1. The number of rotatable bonds is 3. The first kappa shape index (κ1) is 18.7. The first-order valence-corrected chi connectivity index (χ1v) is 10.0. The normalized spacial score (nSPS) is 25.0. The second-order valence-electron chi connectivity index (χ2n) is 7.92. The molecule has 2 saturated heterocycles. The Morgan fingerprint density at radius 2 is 1.57 bits per heavy atom. The maximum Gasteiger partial charge on any atom is 0.253 e. The van der Waals surface area contributed by atoms with E-state index in [4.69, 9.17) is 0 Å². The van der Waals surface area contributed by atoms with Crippen molar-refractivity contribution in [2.75, 3.05) is 32.0 Å². The Bertz CT molecular complexity index is 839. The highest BCUT2D eigenvalue weighted by Gasteiger charge is 2.52. The minimum absolute atomic E-state index is 0.0573. The maximum atomic E-state index is 13.4. The number of likely N-dealkylation sites (tertiary alicyclic amines) is 2. The van der Waals surface area contributed by atoms with Gasteiger partial charge in [0.1, 0.15) is 0 Å². The number of benzene rings is 2. The highest BCUT2D eigenvalue weighted by Crippen LogP contribution is 2.44. The molecule has 0 unspecified atom stereocenters. The minimum Gasteiger partial charge on any atom is -0.339 e. The molecule has 4 rings (SSSR count). The number of carbonyl (C=O) groups excluding carboxylic acids is 2. The van der Waals surface area contributed by atoms with Gasteiger partial charge in [-0.15, -0.1) is 0 Å². The predicted octanol–water partition coefficient (Wildman–Crippen LogP) is 3.25. The third-order valence-corrected chi connectivity index (χ3v) is 6.37. The SMILES string of the molecule is CN1CC[C@@]2(C(=O)Nc3ccccc3)CCN(C(=O)c3ccccc3)CC[C@@H]12. The van der Waals surface area contributed by atoms with E-state index in [0.29, 0.717) is 25.1 Å². The van der Waals surface area contributed by atoms with Gasteiger partial charge in [0.25, 0.3) is 5.91 Å². The molecule has 2 amide bonds. The van der Waals surface area contributed by atoms with Crippen LogP contribution in [0.3, 0.4) is 0 Å². The lowest BCUT2D eigenvalue weighted by molar-refractivity contribution is -0.127. The van der Waals surface area contributed by atoms with Gasteiger partial charge in [0.15, 0.2) is 0 Å². The number of anilines is 1. The Morgan fingerprint density at radius 1 is 0.929 bits per heavy atom. The molecule has 0 radical (unpaired) electrons. The third-order valence-electron chi connectivity index (χ3n) is 6.37. The smallest absolute Gasteiger partial charge is 0.253 e. The number of nitrogens with zero attached hydrogens (tertiary/aromatic N) is 2. The Balaban J connectivity index is 1.55. The molecule has 0 saturated carbocycles. The van der Waals surface area contributed by atoms with Crippen molar-refractivity contribution in [2.24, 2.45) is 5.41 Å². The quantitative estimate of drug-likeness (QED) is 0.893. The Hall–Kier alpha value is -2.66. The van der Waals surface area contributed by atoms with Gasteiger partial charge in [0.05, 0.1) is 5.41 Å². The number of nitrogens with one attached hydrogen (secondary N) is 1. The molecule has 28 heavy (non-hydrogen) atoms. The molecule has 2 aliphatic rings. The summed E-state index contributed by atoms with van der Waals surface area (Å²) >= 11 is 0. The average molecular weight is 377 g/mol. The van der Waals surface area contributed by atoms with Crippen molar-refractivity contribution in [2.45, 2.75) is 25.3 Å². The van der Waals surface area contributed by atoms with Crippen molar-refractivity contribution in [1.29, 1.82) is 0 Å². The fraction of sp³-hybridized carbons (Fsp3) is 0.391. The maximum absolute atomic E-state index is 13.4. The summed E-state index contributed by atoms with van der Waals surface area (Å²) in [5, 5.41) is 3.13. The van der Waals surface area contributed by atoms with Crippen LogP contribution >= 0.6 is 0 Å². The van der Waals surface area contributed by atoms with Crippen LogP contribution in [0.2, 0.25) is 0 Å². The molecule has 5 nitrogen and oxygen atoms in total. The predicted molar refractivity (Wildman–Crippen MR) is 110 cm³/mol. The van der Waals surface area contributed by atoms with Crippen LogP contribution in [-0.2, 0) is 4.79 Å². The van der Waals surface area contributed by atoms with Crippen molar-refractivity contribution in [3.8, 4) is 0 Å². The van der Waals surface area contributed by atoms with Crippen LogP contribution in [-0.4, -0.2) is 54.3 Å². The zero-order valence-corrected chi connectivity index (χ0v) is 16.3. The monoisotopic (exact) mass is 377 g/mol. The van der Waals surface area contributed by atoms with E-state index in [9.17, 15) is 9.59 Å². The van der Waals surface area contributed by atoms with E-state index >= 15 is 0 Å². The lowest BCUT2D eigenvalue weighted by Crippen LogP contribution is -2.46. The van der Waals surface area contributed by atoms with Crippen molar-refractivity contribution in [3.05, 3.63) is 66.2 Å². The molecule has 0 aliphatic carbocycles. The van der Waals surface area contributed by atoms with Crippen molar-refractivity contribution < 1.29 is 9.59 Å². The van der Waals surface area contributed by atoms with Gasteiger partial charge in [-0.25, -0.2) is 0 Å². The zero-order valence-electron chi connectivity index (χ0n) is 16.3. The third kappa shape index (κ3) is 3.42. The molecule has 2 aliphatic heterocycles. The van der Waals surface area contributed by atoms with Gasteiger partial charge in [-0.2, -0.15) is 0 Å². The van der Waals surface area contributed by atoms with Gasteiger partial charge < -0.3 is 15.1 Å². The Labute approximate surface area is 166 Å². The second kappa shape index (κ2) is 7.76. The van der Waals surface area contributed by atoms with Gasteiger partial charge in [0.2, 0.25) is 5.91 Å². The number of hydrogen-bond acceptors (Lipinski definition) is 3. The van der Waals surface area contributed by atoms with Gasteiger partial charge in [-0.05, 0) is 57.1 Å². The van der Waals surface area contributed by atoms with Gasteiger partial charge in [-0.1, -0.05) is 36.4 Å². The van der Waals surface area contributed by atoms with Crippen molar-refractivity contribution >= 4 is 17.5 Å². The minimum atomic E-state index is -0.448. The van der Waals surface area contributed by atoms with Crippen molar-refractivity contribution in [1.82, 2.24) is 9.80 Å². The van der Waals surface area contributed by atoms with Gasteiger partial charge in [0, 0.05) is 30.4 Å². The highest BCUT2D eigenvalue weighted by molar-refractivity contribution is 5.97. The molecule has 5 heteroatoms. The Morgan fingerprint density at radius 3 is 2.29 bits per heavy atom. The van der Waals surface area contributed by atoms with Gasteiger partial charge >= 0.3 is 0 Å². The molecule has 2 fully saturated rings. The molecule has 146 valence electrons.